The molecule has 86 valence electrons. The zero-order chi connectivity index (χ0) is 11.9. The highest BCUT2D eigenvalue weighted by molar-refractivity contribution is 7.99. The van der Waals surface area contributed by atoms with Gasteiger partial charge in [0.2, 0.25) is 0 Å². The molecule has 0 aliphatic heterocycles. The molecule has 0 aliphatic carbocycles. The molecule has 0 bridgehead atoms. The first-order chi connectivity index (χ1) is 8.40. The number of aryl methyl sites for hydroxylation is 1. The van der Waals surface area contributed by atoms with Gasteiger partial charge in [-0.1, -0.05) is 48.5 Å². The molecule has 17 heavy (non-hydrogen) atoms. The number of hydrogen-bond donors (Lipinski definition) is 0. The van der Waals surface area contributed by atoms with Crippen LogP contribution in [0.5, 0.6) is 0 Å². The van der Waals surface area contributed by atoms with Crippen molar-refractivity contribution in [1.29, 1.82) is 0 Å². The van der Waals surface area contributed by atoms with Gasteiger partial charge in [-0.3, -0.25) is 4.79 Å². The number of benzene rings is 2. The van der Waals surface area contributed by atoms with E-state index in [1.54, 1.807) is 11.8 Å². The fraction of sp³-hybridized carbons (Fsp3) is 0.133. The second kappa shape index (κ2) is 6.26. The zero-order valence-electron chi connectivity index (χ0n) is 9.50. The number of carbonyl (C=O) groups excluding carboxylic acids is 1. The Balaban J connectivity index is 1.92. The summed E-state index contributed by atoms with van der Waals surface area (Å²) in [4.78, 5) is 11.9. The second-order valence-electron chi connectivity index (χ2n) is 3.74. The van der Waals surface area contributed by atoms with Gasteiger partial charge in [-0.2, -0.15) is 0 Å². The van der Waals surface area contributed by atoms with E-state index < -0.39 is 0 Å². The van der Waals surface area contributed by atoms with Crippen molar-refractivity contribution < 1.29 is 4.79 Å². The first-order valence-electron chi connectivity index (χ1n) is 5.61. The van der Waals surface area contributed by atoms with Gasteiger partial charge in [0.05, 0.1) is 0 Å². The van der Waals surface area contributed by atoms with Gasteiger partial charge in [0.1, 0.15) is 0 Å². The molecule has 0 aromatic heterocycles. The molecule has 2 aromatic carbocycles. The largest absolute Gasteiger partial charge is 0.298 e. The normalized spacial score (nSPS) is 10.1. The van der Waals surface area contributed by atoms with E-state index in [1.807, 2.05) is 30.3 Å². The first kappa shape index (κ1) is 11.9. The Morgan fingerprint density at radius 2 is 1.65 bits per heavy atom. The lowest BCUT2D eigenvalue weighted by Gasteiger charge is -2.04. The Hall–Kier alpha value is -1.54. The molecule has 1 nitrogen and oxygen atoms in total. The molecule has 2 aromatic rings. The summed E-state index contributed by atoms with van der Waals surface area (Å²) in [7, 11) is 0. The van der Waals surface area contributed by atoms with Crippen molar-refractivity contribution in [3.05, 3.63) is 65.7 Å². The van der Waals surface area contributed by atoms with Gasteiger partial charge in [-0.15, -0.1) is 11.8 Å². The number of hydrogen-bond acceptors (Lipinski definition) is 2. The maximum absolute atomic E-state index is 10.8. The molecule has 0 unspecified atom stereocenters. The molecule has 0 spiro atoms. The fourth-order valence-electron chi connectivity index (χ4n) is 1.63. The average molecular weight is 242 g/mol. The van der Waals surface area contributed by atoms with Gasteiger partial charge in [-0.05, 0) is 18.1 Å². The quantitative estimate of drug-likeness (QED) is 0.585. The summed E-state index contributed by atoms with van der Waals surface area (Å²) >= 11 is 1.74. The SMILES string of the molecule is O=Cc1ccccc1SCCc1ccccc1. The highest BCUT2D eigenvalue weighted by Crippen LogP contribution is 2.22. The lowest BCUT2D eigenvalue weighted by Crippen LogP contribution is -1.90. The first-order valence-corrected chi connectivity index (χ1v) is 6.59. The van der Waals surface area contributed by atoms with E-state index in [9.17, 15) is 4.79 Å². The van der Waals surface area contributed by atoms with Crippen LogP contribution in [0.25, 0.3) is 0 Å². The van der Waals surface area contributed by atoms with Crippen LogP contribution in [-0.2, 0) is 6.42 Å². The predicted octanol–water partition coefficient (Wildman–Crippen LogP) is 3.83. The third-order valence-corrected chi connectivity index (χ3v) is 3.63. The number of aldehydes is 1. The monoisotopic (exact) mass is 242 g/mol. The van der Waals surface area contributed by atoms with E-state index in [2.05, 4.69) is 24.3 Å². The molecule has 0 saturated heterocycles. The van der Waals surface area contributed by atoms with Gasteiger partial charge >= 0.3 is 0 Å². The summed E-state index contributed by atoms with van der Waals surface area (Å²) in [6.07, 6.45) is 1.95. The van der Waals surface area contributed by atoms with E-state index in [0.717, 1.165) is 28.9 Å². The van der Waals surface area contributed by atoms with Crippen LogP contribution in [0.4, 0.5) is 0 Å². The van der Waals surface area contributed by atoms with E-state index in [0.29, 0.717) is 0 Å². The standard InChI is InChI=1S/C15H14OS/c16-12-14-8-4-5-9-15(14)17-11-10-13-6-2-1-3-7-13/h1-9,12H,10-11H2. The van der Waals surface area contributed by atoms with Crippen molar-refractivity contribution in [1.82, 2.24) is 0 Å². The van der Waals surface area contributed by atoms with Crippen LogP contribution >= 0.6 is 11.8 Å². The second-order valence-corrected chi connectivity index (χ2v) is 4.88. The van der Waals surface area contributed by atoms with Crippen molar-refractivity contribution in [2.75, 3.05) is 5.75 Å². The maximum atomic E-state index is 10.8. The molecule has 2 rings (SSSR count). The smallest absolute Gasteiger partial charge is 0.151 e. The van der Waals surface area contributed by atoms with E-state index >= 15 is 0 Å². The minimum Gasteiger partial charge on any atom is -0.298 e. The van der Waals surface area contributed by atoms with Crippen molar-refractivity contribution in [2.24, 2.45) is 0 Å². The Bertz CT molecular complexity index is 479. The van der Waals surface area contributed by atoms with E-state index in [1.165, 1.54) is 5.56 Å². The minimum atomic E-state index is 0.783. The molecular weight excluding hydrogens is 228 g/mol. The van der Waals surface area contributed by atoms with Crippen molar-refractivity contribution >= 4 is 18.0 Å². The Morgan fingerprint density at radius 1 is 0.941 bits per heavy atom. The molecule has 0 heterocycles. The summed E-state index contributed by atoms with van der Waals surface area (Å²) in [6, 6.07) is 18.1. The Kier molecular flexibility index (Phi) is 4.39. The van der Waals surface area contributed by atoms with E-state index in [4.69, 9.17) is 0 Å². The van der Waals surface area contributed by atoms with E-state index in [-0.39, 0.29) is 0 Å². The van der Waals surface area contributed by atoms with Crippen LogP contribution in [0.1, 0.15) is 15.9 Å². The van der Waals surface area contributed by atoms with Crippen molar-refractivity contribution in [3.63, 3.8) is 0 Å². The number of thioether (sulfide) groups is 1. The van der Waals surface area contributed by atoms with Crippen LogP contribution < -0.4 is 0 Å². The molecule has 0 amide bonds. The van der Waals surface area contributed by atoms with Gasteiger partial charge < -0.3 is 0 Å². The molecule has 0 aliphatic rings. The molecule has 0 radical (unpaired) electrons. The minimum absolute atomic E-state index is 0.783. The third kappa shape index (κ3) is 3.46. The van der Waals surface area contributed by atoms with Gasteiger partial charge in [-0.25, -0.2) is 0 Å². The van der Waals surface area contributed by atoms with Crippen LogP contribution in [0, 0.1) is 0 Å². The Labute approximate surface area is 106 Å². The number of carbonyl (C=O) groups is 1. The summed E-state index contributed by atoms with van der Waals surface area (Å²) < 4.78 is 0. The summed E-state index contributed by atoms with van der Waals surface area (Å²) in [5.41, 5.74) is 2.12. The summed E-state index contributed by atoms with van der Waals surface area (Å²) in [5.74, 6) is 0.995. The highest BCUT2D eigenvalue weighted by atomic mass is 32.2. The van der Waals surface area contributed by atoms with Crippen LogP contribution in [0.15, 0.2) is 59.5 Å². The summed E-state index contributed by atoms with van der Waals surface area (Å²) in [6.45, 7) is 0. The van der Waals surface area contributed by atoms with Crippen LogP contribution in [0.2, 0.25) is 0 Å². The number of rotatable bonds is 5. The van der Waals surface area contributed by atoms with Crippen molar-refractivity contribution in [2.45, 2.75) is 11.3 Å². The highest BCUT2D eigenvalue weighted by Gasteiger charge is 2.00. The molecule has 0 atom stereocenters. The van der Waals surface area contributed by atoms with Gasteiger partial charge in [0.15, 0.2) is 6.29 Å². The Morgan fingerprint density at radius 3 is 2.41 bits per heavy atom. The zero-order valence-corrected chi connectivity index (χ0v) is 10.3. The lowest BCUT2D eigenvalue weighted by atomic mass is 10.2. The van der Waals surface area contributed by atoms with Gasteiger partial charge in [0, 0.05) is 16.2 Å². The lowest BCUT2D eigenvalue weighted by molar-refractivity contribution is 0.112. The summed E-state index contributed by atoms with van der Waals surface area (Å²) in [5, 5.41) is 0. The fourth-order valence-corrected chi connectivity index (χ4v) is 2.65. The van der Waals surface area contributed by atoms with Gasteiger partial charge in [0.25, 0.3) is 0 Å². The molecular formula is C15H14OS. The molecule has 0 N–H and O–H groups in total. The third-order valence-electron chi connectivity index (χ3n) is 2.54. The van der Waals surface area contributed by atoms with Crippen molar-refractivity contribution in [3.8, 4) is 0 Å². The van der Waals surface area contributed by atoms with Crippen LogP contribution in [-0.4, -0.2) is 12.0 Å². The molecule has 0 fully saturated rings. The molecule has 0 saturated carbocycles. The average Bonchev–Trinajstić information content (AvgIpc) is 2.40. The topological polar surface area (TPSA) is 17.1 Å². The predicted molar refractivity (Wildman–Crippen MR) is 72.7 cm³/mol. The van der Waals surface area contributed by atoms with Crippen LogP contribution in [0.3, 0.4) is 0 Å². The maximum Gasteiger partial charge on any atom is 0.151 e. The molecule has 2 heteroatoms.